The average Bonchev–Trinajstić information content (AvgIpc) is 3.40. The zero-order chi connectivity index (χ0) is 27.6. The lowest BCUT2D eigenvalue weighted by Crippen LogP contribution is -2.31. The Kier molecular flexibility index (Phi) is 9.49. The van der Waals surface area contributed by atoms with Crippen LogP contribution in [0.3, 0.4) is 0 Å². The second kappa shape index (κ2) is 13.8. The van der Waals surface area contributed by atoms with Crippen LogP contribution in [-0.4, -0.2) is 34.0 Å². The van der Waals surface area contributed by atoms with E-state index in [1.54, 1.807) is 12.1 Å². The molecule has 0 saturated heterocycles. The molecule has 0 aliphatic rings. The van der Waals surface area contributed by atoms with Crippen molar-refractivity contribution in [3.63, 3.8) is 0 Å². The van der Waals surface area contributed by atoms with E-state index in [9.17, 15) is 9.90 Å². The number of carbonyl (C=O) groups is 1. The fourth-order valence-electron chi connectivity index (χ4n) is 5.35. The molecule has 40 heavy (non-hydrogen) atoms. The van der Waals surface area contributed by atoms with Gasteiger partial charge in [-0.05, 0) is 84.0 Å². The van der Waals surface area contributed by atoms with Gasteiger partial charge in [0.15, 0.2) is 0 Å². The minimum Gasteiger partial charge on any atom is -0.508 e. The van der Waals surface area contributed by atoms with Gasteiger partial charge in [-0.25, -0.2) is 0 Å². The third-order valence-corrected chi connectivity index (χ3v) is 7.60. The summed E-state index contributed by atoms with van der Waals surface area (Å²) in [6.07, 6.45) is 7.50. The fourth-order valence-corrected chi connectivity index (χ4v) is 5.35. The number of phenolic OH excluding ortho intramolecular Hbond substituents is 1. The summed E-state index contributed by atoms with van der Waals surface area (Å²) in [7, 11) is 0. The van der Waals surface area contributed by atoms with E-state index >= 15 is 0 Å². The van der Waals surface area contributed by atoms with E-state index < -0.39 is 0 Å². The first-order valence-electron chi connectivity index (χ1n) is 14.4. The van der Waals surface area contributed by atoms with Crippen molar-refractivity contribution >= 4 is 27.6 Å². The van der Waals surface area contributed by atoms with Gasteiger partial charge in [-0.15, -0.1) is 0 Å². The van der Waals surface area contributed by atoms with Crippen LogP contribution in [0.1, 0.15) is 48.8 Å². The second-order valence-electron chi connectivity index (χ2n) is 10.6. The molecule has 0 bridgehead atoms. The number of unbranched alkanes of at least 4 members (excludes halogenated alkanes) is 2. The van der Waals surface area contributed by atoms with Gasteiger partial charge in [-0.2, -0.15) is 0 Å². The number of hydrogen-bond donors (Lipinski definition) is 3. The van der Waals surface area contributed by atoms with Gasteiger partial charge in [0, 0.05) is 43.2 Å². The lowest BCUT2D eigenvalue weighted by atomic mass is 10.1. The molecule has 1 amide bonds. The number of phenols is 1. The number of carbonyl (C=O) groups excluding carboxylic acids is 1. The number of aromatic nitrogens is 1. The standard InChI is InChI=1S/C35H39N3O2/c39-32-19-16-27(17-20-32)24-36-21-6-1-7-22-38(26-28-15-18-29-9-2-3-10-30(29)23-28)35(40)14-8-11-31-25-37-34-13-5-4-12-33(31)34/h2-5,9-10,12-13,15-20,23,25,36-37,39H,1,6-8,11,14,21-22,24,26H2. The fraction of sp³-hybridized carbons (Fsp3) is 0.286. The Labute approximate surface area is 236 Å². The van der Waals surface area contributed by atoms with Crippen LogP contribution < -0.4 is 5.32 Å². The molecule has 5 nitrogen and oxygen atoms in total. The van der Waals surface area contributed by atoms with Crippen LogP contribution in [0, 0.1) is 0 Å². The molecule has 206 valence electrons. The smallest absolute Gasteiger partial charge is 0.222 e. The first-order valence-corrected chi connectivity index (χ1v) is 14.4. The van der Waals surface area contributed by atoms with E-state index in [4.69, 9.17) is 0 Å². The molecule has 0 unspecified atom stereocenters. The third-order valence-electron chi connectivity index (χ3n) is 7.60. The molecule has 4 aromatic carbocycles. The van der Waals surface area contributed by atoms with Crippen LogP contribution in [0.5, 0.6) is 5.75 Å². The quantitative estimate of drug-likeness (QED) is 0.131. The normalized spacial score (nSPS) is 11.3. The van der Waals surface area contributed by atoms with Crippen LogP contribution in [0.2, 0.25) is 0 Å². The number of nitrogens with zero attached hydrogens (tertiary/aromatic N) is 1. The highest BCUT2D eigenvalue weighted by Crippen LogP contribution is 2.21. The lowest BCUT2D eigenvalue weighted by molar-refractivity contribution is -0.132. The SMILES string of the molecule is O=C(CCCc1c[nH]c2ccccc12)N(CCCCCNCc1ccc(O)cc1)Cc1ccc2ccccc2c1. The Bertz CT molecular complexity index is 1520. The van der Waals surface area contributed by atoms with Crippen LogP contribution >= 0.6 is 0 Å². The summed E-state index contributed by atoms with van der Waals surface area (Å²) in [5, 5.41) is 16.6. The zero-order valence-electron chi connectivity index (χ0n) is 23.1. The van der Waals surface area contributed by atoms with Gasteiger partial charge in [0.25, 0.3) is 0 Å². The molecular formula is C35H39N3O2. The summed E-state index contributed by atoms with van der Waals surface area (Å²) in [4.78, 5) is 18.8. The van der Waals surface area contributed by atoms with Crippen molar-refractivity contribution in [1.29, 1.82) is 0 Å². The molecule has 5 rings (SSSR count). The van der Waals surface area contributed by atoms with Gasteiger partial charge in [-0.1, -0.05) is 73.2 Å². The first-order chi connectivity index (χ1) is 19.7. The molecule has 1 heterocycles. The highest BCUT2D eigenvalue weighted by Gasteiger charge is 2.15. The number of amides is 1. The summed E-state index contributed by atoms with van der Waals surface area (Å²) in [6, 6.07) is 30.6. The number of H-pyrrole nitrogens is 1. The molecular weight excluding hydrogens is 494 g/mol. The summed E-state index contributed by atoms with van der Waals surface area (Å²) in [6.45, 7) is 3.15. The Morgan fingerprint density at radius 1 is 0.800 bits per heavy atom. The van der Waals surface area contributed by atoms with E-state index in [0.29, 0.717) is 18.7 Å². The maximum atomic E-state index is 13.4. The van der Waals surface area contributed by atoms with E-state index in [1.807, 2.05) is 18.2 Å². The molecule has 0 spiro atoms. The Morgan fingerprint density at radius 2 is 1.57 bits per heavy atom. The molecule has 0 aliphatic carbocycles. The third kappa shape index (κ3) is 7.51. The van der Waals surface area contributed by atoms with Gasteiger partial charge in [0.05, 0.1) is 0 Å². The summed E-state index contributed by atoms with van der Waals surface area (Å²) >= 11 is 0. The number of rotatable bonds is 14. The highest BCUT2D eigenvalue weighted by molar-refractivity contribution is 5.84. The van der Waals surface area contributed by atoms with Crippen LogP contribution in [0.4, 0.5) is 0 Å². The predicted molar refractivity (Wildman–Crippen MR) is 164 cm³/mol. The van der Waals surface area contributed by atoms with Gasteiger partial charge < -0.3 is 20.3 Å². The molecule has 0 aliphatic heterocycles. The van der Waals surface area contributed by atoms with E-state index in [2.05, 4.69) is 82.1 Å². The van der Waals surface area contributed by atoms with Crippen molar-refractivity contribution in [2.24, 2.45) is 0 Å². The van der Waals surface area contributed by atoms with Gasteiger partial charge >= 0.3 is 0 Å². The number of aryl methyl sites for hydroxylation is 1. The number of benzene rings is 4. The minimum absolute atomic E-state index is 0.235. The van der Waals surface area contributed by atoms with Crippen molar-refractivity contribution in [2.45, 2.75) is 51.6 Å². The number of hydrogen-bond acceptors (Lipinski definition) is 3. The molecule has 3 N–H and O–H groups in total. The number of para-hydroxylation sites is 1. The number of aromatic hydroxyl groups is 1. The lowest BCUT2D eigenvalue weighted by Gasteiger charge is -2.23. The zero-order valence-corrected chi connectivity index (χ0v) is 23.1. The summed E-state index contributed by atoms with van der Waals surface area (Å²) in [5.41, 5.74) is 4.78. The van der Waals surface area contributed by atoms with Crippen molar-refractivity contribution in [1.82, 2.24) is 15.2 Å². The Balaban J connectivity index is 1.13. The molecule has 0 atom stereocenters. The first kappa shape index (κ1) is 27.5. The molecule has 0 fully saturated rings. The summed E-state index contributed by atoms with van der Waals surface area (Å²) in [5.74, 6) is 0.531. The van der Waals surface area contributed by atoms with Gasteiger partial charge in [0.1, 0.15) is 5.75 Å². The molecule has 1 aromatic heterocycles. The monoisotopic (exact) mass is 533 g/mol. The molecule has 5 aromatic rings. The van der Waals surface area contributed by atoms with Crippen molar-refractivity contribution in [3.05, 3.63) is 114 Å². The van der Waals surface area contributed by atoms with Crippen molar-refractivity contribution in [2.75, 3.05) is 13.1 Å². The molecule has 0 radical (unpaired) electrons. The highest BCUT2D eigenvalue weighted by atomic mass is 16.3. The summed E-state index contributed by atoms with van der Waals surface area (Å²) < 4.78 is 0. The van der Waals surface area contributed by atoms with Crippen molar-refractivity contribution < 1.29 is 9.90 Å². The van der Waals surface area contributed by atoms with Crippen LogP contribution in [0.15, 0.2) is 97.2 Å². The van der Waals surface area contributed by atoms with E-state index in [0.717, 1.165) is 62.8 Å². The second-order valence-corrected chi connectivity index (χ2v) is 10.6. The number of fused-ring (bicyclic) bond motifs is 2. The van der Waals surface area contributed by atoms with Gasteiger partial charge in [0.2, 0.25) is 5.91 Å². The van der Waals surface area contributed by atoms with Crippen LogP contribution in [-0.2, 0) is 24.3 Å². The number of aromatic amines is 1. The maximum Gasteiger partial charge on any atom is 0.222 e. The Morgan fingerprint density at radius 3 is 2.45 bits per heavy atom. The van der Waals surface area contributed by atoms with Gasteiger partial charge in [-0.3, -0.25) is 4.79 Å². The minimum atomic E-state index is 0.235. The Hall–Kier alpha value is -4.09. The predicted octanol–water partition coefficient (Wildman–Crippen LogP) is 7.34. The molecule has 5 heteroatoms. The van der Waals surface area contributed by atoms with Crippen LogP contribution in [0.25, 0.3) is 21.7 Å². The number of nitrogens with one attached hydrogen (secondary N) is 2. The molecule has 0 saturated carbocycles. The topological polar surface area (TPSA) is 68.4 Å². The average molecular weight is 534 g/mol. The van der Waals surface area contributed by atoms with E-state index in [-0.39, 0.29) is 5.91 Å². The largest absolute Gasteiger partial charge is 0.508 e. The maximum absolute atomic E-state index is 13.4. The van der Waals surface area contributed by atoms with Crippen molar-refractivity contribution in [3.8, 4) is 5.75 Å². The van der Waals surface area contributed by atoms with E-state index in [1.165, 1.54) is 27.3 Å².